The van der Waals surface area contributed by atoms with Crippen LogP contribution in [0.4, 0.5) is 0 Å². The highest BCUT2D eigenvalue weighted by molar-refractivity contribution is 7.91. The average Bonchev–Trinajstić information content (AvgIpc) is 2.43. The van der Waals surface area contributed by atoms with Gasteiger partial charge in [-0.15, -0.1) is 0 Å². The molecule has 1 atom stereocenters. The number of hydrogen-bond donors (Lipinski definition) is 0. The van der Waals surface area contributed by atoms with E-state index in [1.807, 2.05) is 6.07 Å². The lowest BCUT2D eigenvalue weighted by Crippen LogP contribution is -2.43. The molecule has 1 aromatic rings. The molecule has 5 heteroatoms. The smallest absolute Gasteiger partial charge is 0.192 e. The van der Waals surface area contributed by atoms with Gasteiger partial charge in [-0.25, -0.2) is 8.42 Å². The third kappa shape index (κ3) is 6.40. The first-order valence-corrected chi connectivity index (χ1v) is 13.0. The first kappa shape index (κ1) is 20.4. The van der Waals surface area contributed by atoms with Gasteiger partial charge in [0.25, 0.3) is 0 Å². The first-order chi connectivity index (χ1) is 10.5. The Morgan fingerprint density at radius 1 is 1.09 bits per heavy atom. The van der Waals surface area contributed by atoms with E-state index < -0.39 is 18.2 Å². The van der Waals surface area contributed by atoms with Crippen molar-refractivity contribution >= 4 is 18.2 Å². The molecule has 0 aliphatic carbocycles. The lowest BCUT2D eigenvalue weighted by atomic mass is 10.2. The maximum atomic E-state index is 12.2. The minimum Gasteiger partial charge on any atom is -0.414 e. The van der Waals surface area contributed by atoms with Gasteiger partial charge in [-0.05, 0) is 56.5 Å². The Morgan fingerprint density at radius 2 is 1.65 bits per heavy atom. The predicted molar refractivity (Wildman–Crippen MR) is 100 cm³/mol. The van der Waals surface area contributed by atoms with Crippen LogP contribution in [0.1, 0.15) is 47.0 Å². The number of rotatable bonds is 8. The van der Waals surface area contributed by atoms with E-state index in [2.05, 4.69) is 40.8 Å². The predicted octanol–water partition coefficient (Wildman–Crippen LogP) is 5.04. The quantitative estimate of drug-likeness (QED) is 0.484. The highest BCUT2D eigenvalue weighted by Crippen LogP contribution is 2.37. The Kier molecular flexibility index (Phi) is 7.05. The monoisotopic (exact) mass is 356 g/mol. The van der Waals surface area contributed by atoms with Crippen LogP contribution >= 0.6 is 0 Å². The lowest BCUT2D eigenvalue weighted by Gasteiger charge is -2.38. The van der Waals surface area contributed by atoms with Crippen molar-refractivity contribution in [3.8, 4) is 0 Å². The number of hydrogen-bond acceptors (Lipinski definition) is 3. The average molecular weight is 357 g/mol. The summed E-state index contributed by atoms with van der Waals surface area (Å²) >= 11 is 0. The highest BCUT2D eigenvalue weighted by Gasteiger charge is 2.38. The van der Waals surface area contributed by atoms with Gasteiger partial charge in [-0.1, -0.05) is 39.0 Å². The van der Waals surface area contributed by atoms with Crippen molar-refractivity contribution in [2.75, 3.05) is 5.75 Å². The van der Waals surface area contributed by atoms with Crippen molar-refractivity contribution in [3.63, 3.8) is 0 Å². The summed E-state index contributed by atoms with van der Waals surface area (Å²) in [5, 5.41) is 0.206. The summed E-state index contributed by atoms with van der Waals surface area (Å²) in [7, 11) is -4.88. The van der Waals surface area contributed by atoms with E-state index in [9.17, 15) is 8.42 Å². The molecule has 132 valence electrons. The van der Waals surface area contributed by atoms with Crippen LogP contribution < -0.4 is 0 Å². The molecule has 1 rings (SSSR count). The summed E-state index contributed by atoms with van der Waals surface area (Å²) in [6.07, 6.45) is 2.66. The molecule has 0 heterocycles. The topological polar surface area (TPSA) is 43.4 Å². The molecule has 3 nitrogen and oxygen atoms in total. The maximum Gasteiger partial charge on any atom is 0.192 e. The molecule has 0 N–H and O–H groups in total. The Balaban J connectivity index is 2.40. The molecular formula is C18H32O3SSi. The van der Waals surface area contributed by atoms with E-state index in [0.29, 0.717) is 11.3 Å². The minimum atomic E-state index is -3.15. The second-order valence-corrected chi connectivity index (χ2v) is 14.7. The zero-order valence-corrected chi connectivity index (χ0v) is 17.2. The van der Waals surface area contributed by atoms with Gasteiger partial charge in [0, 0.05) is 6.10 Å². The molecule has 0 radical (unpaired) electrons. The summed E-state index contributed by atoms with van der Waals surface area (Å²) in [5.41, 5.74) is 0. The zero-order valence-electron chi connectivity index (χ0n) is 15.4. The molecule has 23 heavy (non-hydrogen) atoms. The molecule has 0 bridgehead atoms. The SMILES string of the molecule is C[C@@H](CCCCS(=O)(=O)c1ccccc1)O[Si](C)(C)C(C)(C)C. The van der Waals surface area contributed by atoms with Crippen molar-refractivity contribution in [1.29, 1.82) is 0 Å². The lowest BCUT2D eigenvalue weighted by molar-refractivity contribution is 0.186. The van der Waals surface area contributed by atoms with Crippen LogP contribution in [-0.4, -0.2) is 28.6 Å². The Bertz CT molecular complexity index is 574. The fraction of sp³-hybridized carbons (Fsp3) is 0.667. The van der Waals surface area contributed by atoms with E-state index in [1.165, 1.54) is 0 Å². The van der Waals surface area contributed by atoms with Crippen molar-refractivity contribution in [2.24, 2.45) is 0 Å². The van der Waals surface area contributed by atoms with Crippen molar-refractivity contribution in [2.45, 2.75) is 76.1 Å². The van der Waals surface area contributed by atoms with Crippen LogP contribution in [-0.2, 0) is 14.3 Å². The molecule has 0 fully saturated rings. The standard InChI is InChI=1S/C18H32O3SSi/c1-16(21-23(5,6)18(2,3)4)12-10-11-15-22(19,20)17-13-8-7-9-14-17/h7-9,13-14,16H,10-12,15H2,1-6H3/t16-/m0/s1. The molecular weight excluding hydrogens is 324 g/mol. The summed E-state index contributed by atoms with van der Waals surface area (Å²) in [5.74, 6) is 0.212. The molecule has 0 unspecified atom stereocenters. The van der Waals surface area contributed by atoms with Gasteiger partial charge in [0.15, 0.2) is 18.2 Å². The third-order valence-corrected chi connectivity index (χ3v) is 11.1. The Hall–Kier alpha value is -0.653. The van der Waals surface area contributed by atoms with Crippen LogP contribution in [0, 0.1) is 0 Å². The largest absolute Gasteiger partial charge is 0.414 e. The Morgan fingerprint density at radius 3 is 2.17 bits per heavy atom. The first-order valence-electron chi connectivity index (χ1n) is 8.41. The summed E-state index contributed by atoms with van der Waals surface area (Å²) in [4.78, 5) is 0.422. The number of sulfone groups is 1. The summed E-state index contributed by atoms with van der Waals surface area (Å²) in [6, 6.07) is 8.69. The van der Waals surface area contributed by atoms with E-state index in [4.69, 9.17) is 4.43 Å². The van der Waals surface area contributed by atoms with E-state index in [-0.39, 0.29) is 16.9 Å². The van der Waals surface area contributed by atoms with E-state index >= 15 is 0 Å². The molecule has 1 aromatic carbocycles. The van der Waals surface area contributed by atoms with Crippen molar-refractivity contribution in [3.05, 3.63) is 30.3 Å². The van der Waals surface area contributed by atoms with Crippen LogP contribution in [0.15, 0.2) is 35.2 Å². The highest BCUT2D eigenvalue weighted by atomic mass is 32.2. The molecule has 0 aliphatic rings. The normalized spacial score (nSPS) is 14.7. The van der Waals surface area contributed by atoms with Crippen molar-refractivity contribution < 1.29 is 12.8 Å². The summed E-state index contributed by atoms with van der Waals surface area (Å²) in [6.45, 7) is 13.3. The van der Waals surface area contributed by atoms with Gasteiger partial charge in [-0.3, -0.25) is 0 Å². The molecule has 0 spiro atoms. The van der Waals surface area contributed by atoms with Gasteiger partial charge >= 0.3 is 0 Å². The van der Waals surface area contributed by atoms with Gasteiger partial charge in [-0.2, -0.15) is 0 Å². The number of benzene rings is 1. The van der Waals surface area contributed by atoms with Gasteiger partial charge in [0.2, 0.25) is 0 Å². The third-order valence-electron chi connectivity index (χ3n) is 4.68. The van der Waals surface area contributed by atoms with Crippen LogP contribution in [0.3, 0.4) is 0 Å². The van der Waals surface area contributed by atoms with Crippen molar-refractivity contribution in [1.82, 2.24) is 0 Å². The fourth-order valence-corrected chi connectivity index (χ4v) is 5.08. The molecule has 0 aliphatic heterocycles. The molecule has 0 saturated carbocycles. The molecule has 0 amide bonds. The van der Waals surface area contributed by atoms with Gasteiger partial charge in [0.05, 0.1) is 10.6 Å². The molecule has 0 aromatic heterocycles. The van der Waals surface area contributed by atoms with Gasteiger partial charge < -0.3 is 4.43 Å². The van der Waals surface area contributed by atoms with Crippen LogP contribution in [0.5, 0.6) is 0 Å². The minimum absolute atomic E-state index is 0.190. The zero-order chi connectivity index (χ0) is 17.7. The van der Waals surface area contributed by atoms with Crippen LogP contribution in [0.25, 0.3) is 0 Å². The fourth-order valence-electron chi connectivity index (χ4n) is 2.21. The van der Waals surface area contributed by atoms with Crippen LogP contribution in [0.2, 0.25) is 18.1 Å². The van der Waals surface area contributed by atoms with Gasteiger partial charge in [0.1, 0.15) is 0 Å². The number of unbranched alkanes of at least 4 members (excludes halogenated alkanes) is 1. The maximum absolute atomic E-state index is 12.2. The Labute approximate surface area is 143 Å². The molecule has 0 saturated heterocycles. The van der Waals surface area contributed by atoms with E-state index in [0.717, 1.165) is 12.8 Å². The summed E-state index contributed by atoms with van der Waals surface area (Å²) < 4.78 is 30.7. The second kappa shape index (κ2) is 7.95. The van der Waals surface area contributed by atoms with E-state index in [1.54, 1.807) is 24.3 Å². The second-order valence-electron chi connectivity index (χ2n) is 7.82.